The van der Waals surface area contributed by atoms with Crippen LogP contribution in [0.4, 0.5) is 5.69 Å². The molecule has 0 bridgehead atoms. The molecule has 0 amide bonds. The third-order valence-corrected chi connectivity index (χ3v) is 3.76. The minimum Gasteiger partial charge on any atom is -0.489 e. The summed E-state index contributed by atoms with van der Waals surface area (Å²) in [6, 6.07) is 6.33. The van der Waals surface area contributed by atoms with E-state index in [1.54, 1.807) is 0 Å². The molecule has 1 heterocycles. The average molecular weight is 232 g/mol. The molecule has 0 aromatic heterocycles. The molecular weight excluding hydrogens is 212 g/mol. The van der Waals surface area contributed by atoms with Crippen molar-refractivity contribution >= 4 is 5.69 Å². The summed E-state index contributed by atoms with van der Waals surface area (Å²) in [6.07, 6.45) is 1.39. The molecular formula is C14H20N2O. The van der Waals surface area contributed by atoms with E-state index in [-0.39, 0.29) is 0 Å². The Morgan fingerprint density at radius 3 is 3.18 bits per heavy atom. The first-order valence-electron chi connectivity index (χ1n) is 6.54. The van der Waals surface area contributed by atoms with E-state index in [4.69, 9.17) is 4.74 Å². The van der Waals surface area contributed by atoms with Crippen molar-refractivity contribution in [3.63, 3.8) is 0 Å². The van der Waals surface area contributed by atoms with Gasteiger partial charge in [0.2, 0.25) is 0 Å². The number of ether oxygens (including phenoxy) is 1. The monoisotopic (exact) mass is 232 g/mol. The summed E-state index contributed by atoms with van der Waals surface area (Å²) in [4.78, 5) is 0. The maximum Gasteiger partial charge on any atom is 0.146 e. The van der Waals surface area contributed by atoms with Gasteiger partial charge in [-0.05, 0) is 30.9 Å². The largest absolute Gasteiger partial charge is 0.489 e. The van der Waals surface area contributed by atoms with E-state index >= 15 is 0 Å². The van der Waals surface area contributed by atoms with Gasteiger partial charge in [0.05, 0.1) is 5.69 Å². The number of benzene rings is 1. The van der Waals surface area contributed by atoms with Gasteiger partial charge in [-0.3, -0.25) is 0 Å². The number of hydrogen-bond acceptors (Lipinski definition) is 3. The fourth-order valence-electron chi connectivity index (χ4n) is 2.45. The molecule has 0 radical (unpaired) electrons. The summed E-state index contributed by atoms with van der Waals surface area (Å²) in [5.41, 5.74) is 2.40. The first-order chi connectivity index (χ1) is 8.34. The van der Waals surface area contributed by atoms with E-state index in [1.807, 2.05) is 0 Å². The highest BCUT2D eigenvalue weighted by molar-refractivity contribution is 5.61. The van der Waals surface area contributed by atoms with Crippen LogP contribution < -0.4 is 15.4 Å². The van der Waals surface area contributed by atoms with Crippen LogP contribution in [0.2, 0.25) is 0 Å². The Bertz CT molecular complexity index is 405. The van der Waals surface area contributed by atoms with Crippen molar-refractivity contribution in [2.45, 2.75) is 19.9 Å². The Morgan fingerprint density at radius 2 is 2.35 bits per heavy atom. The van der Waals surface area contributed by atoms with Gasteiger partial charge in [0, 0.05) is 18.7 Å². The van der Waals surface area contributed by atoms with Crippen LogP contribution in [-0.4, -0.2) is 19.7 Å². The van der Waals surface area contributed by atoms with Gasteiger partial charge in [-0.1, -0.05) is 19.1 Å². The molecule has 3 heteroatoms. The lowest BCUT2D eigenvalue weighted by Crippen LogP contribution is -2.22. The molecule has 0 saturated heterocycles. The van der Waals surface area contributed by atoms with Gasteiger partial charge >= 0.3 is 0 Å². The van der Waals surface area contributed by atoms with Crippen LogP contribution in [0.25, 0.3) is 0 Å². The standard InChI is InChI=1S/C14H20N2O/c1-10-7-12(10)9-15-8-11-3-2-4-13-14(11)17-6-5-16-13/h2-4,10,12,15-16H,5-9H2,1H3. The maximum absolute atomic E-state index is 5.75. The number of hydrogen-bond donors (Lipinski definition) is 2. The molecule has 92 valence electrons. The minimum atomic E-state index is 0.768. The molecule has 1 saturated carbocycles. The van der Waals surface area contributed by atoms with Crippen molar-refractivity contribution in [1.29, 1.82) is 0 Å². The second-order valence-electron chi connectivity index (χ2n) is 5.17. The summed E-state index contributed by atoms with van der Waals surface area (Å²) < 4.78 is 5.75. The van der Waals surface area contributed by atoms with Crippen LogP contribution in [0.3, 0.4) is 0 Å². The Hall–Kier alpha value is -1.22. The molecule has 3 nitrogen and oxygen atoms in total. The average Bonchev–Trinajstić information content (AvgIpc) is 3.06. The highest BCUT2D eigenvalue weighted by Crippen LogP contribution is 2.37. The first kappa shape index (κ1) is 10.9. The van der Waals surface area contributed by atoms with Crippen molar-refractivity contribution in [2.24, 2.45) is 11.8 Å². The molecule has 1 aromatic carbocycles. The smallest absolute Gasteiger partial charge is 0.146 e. The Morgan fingerprint density at radius 1 is 1.47 bits per heavy atom. The number of nitrogens with one attached hydrogen (secondary N) is 2. The van der Waals surface area contributed by atoms with Crippen LogP contribution in [-0.2, 0) is 6.54 Å². The van der Waals surface area contributed by atoms with Gasteiger partial charge in [-0.2, -0.15) is 0 Å². The Labute approximate surface area is 103 Å². The zero-order valence-corrected chi connectivity index (χ0v) is 10.3. The first-order valence-corrected chi connectivity index (χ1v) is 6.54. The highest BCUT2D eigenvalue weighted by Gasteiger charge is 2.31. The van der Waals surface area contributed by atoms with Gasteiger partial charge < -0.3 is 15.4 Å². The number of para-hydroxylation sites is 1. The van der Waals surface area contributed by atoms with Gasteiger partial charge in [0.1, 0.15) is 12.4 Å². The fourth-order valence-corrected chi connectivity index (χ4v) is 2.45. The third-order valence-electron chi connectivity index (χ3n) is 3.76. The quantitative estimate of drug-likeness (QED) is 0.835. The summed E-state index contributed by atoms with van der Waals surface area (Å²) in [6.45, 7) is 6.04. The summed E-state index contributed by atoms with van der Waals surface area (Å²) in [7, 11) is 0. The van der Waals surface area contributed by atoms with Crippen LogP contribution in [0.5, 0.6) is 5.75 Å². The number of rotatable bonds is 4. The Balaban J connectivity index is 1.61. The van der Waals surface area contributed by atoms with Crippen LogP contribution in [0.1, 0.15) is 18.9 Å². The molecule has 2 aliphatic rings. The van der Waals surface area contributed by atoms with Crippen LogP contribution in [0.15, 0.2) is 18.2 Å². The van der Waals surface area contributed by atoms with Gasteiger partial charge in [-0.25, -0.2) is 0 Å². The zero-order valence-electron chi connectivity index (χ0n) is 10.3. The number of anilines is 1. The molecule has 1 aliphatic carbocycles. The van der Waals surface area contributed by atoms with E-state index in [2.05, 4.69) is 35.8 Å². The summed E-state index contributed by atoms with van der Waals surface area (Å²) in [5, 5.41) is 6.91. The zero-order chi connectivity index (χ0) is 11.7. The van der Waals surface area contributed by atoms with Gasteiger partial charge in [0.25, 0.3) is 0 Å². The molecule has 3 rings (SSSR count). The molecule has 1 aliphatic heterocycles. The molecule has 2 unspecified atom stereocenters. The van der Waals surface area contributed by atoms with Crippen molar-refractivity contribution in [3.8, 4) is 5.75 Å². The summed E-state index contributed by atoms with van der Waals surface area (Å²) >= 11 is 0. The highest BCUT2D eigenvalue weighted by atomic mass is 16.5. The minimum absolute atomic E-state index is 0.768. The lowest BCUT2D eigenvalue weighted by atomic mass is 10.1. The lowest BCUT2D eigenvalue weighted by molar-refractivity contribution is 0.319. The predicted molar refractivity (Wildman–Crippen MR) is 69.4 cm³/mol. The second kappa shape index (κ2) is 4.57. The number of fused-ring (bicyclic) bond motifs is 1. The van der Waals surface area contributed by atoms with E-state index in [0.717, 1.165) is 49.5 Å². The SMILES string of the molecule is CC1CC1CNCc1cccc2c1OCCN2. The van der Waals surface area contributed by atoms with Crippen molar-refractivity contribution in [1.82, 2.24) is 5.32 Å². The van der Waals surface area contributed by atoms with Crippen molar-refractivity contribution < 1.29 is 4.74 Å². The van der Waals surface area contributed by atoms with Crippen LogP contribution >= 0.6 is 0 Å². The lowest BCUT2D eigenvalue weighted by Gasteiger charge is -2.21. The molecule has 1 fully saturated rings. The Kier molecular flexibility index (Phi) is 2.93. The van der Waals surface area contributed by atoms with Gasteiger partial charge in [-0.15, -0.1) is 0 Å². The fraction of sp³-hybridized carbons (Fsp3) is 0.571. The van der Waals surface area contributed by atoms with Gasteiger partial charge in [0.15, 0.2) is 0 Å². The molecule has 0 spiro atoms. The van der Waals surface area contributed by atoms with Crippen molar-refractivity contribution in [3.05, 3.63) is 23.8 Å². The molecule has 2 atom stereocenters. The van der Waals surface area contributed by atoms with E-state index in [9.17, 15) is 0 Å². The van der Waals surface area contributed by atoms with Crippen molar-refractivity contribution in [2.75, 3.05) is 25.0 Å². The van der Waals surface area contributed by atoms with E-state index < -0.39 is 0 Å². The second-order valence-corrected chi connectivity index (χ2v) is 5.17. The maximum atomic E-state index is 5.75. The van der Waals surface area contributed by atoms with E-state index in [1.165, 1.54) is 12.0 Å². The summed E-state index contributed by atoms with van der Waals surface area (Å²) in [5.74, 6) is 2.86. The molecule has 1 aromatic rings. The normalized spacial score (nSPS) is 25.7. The third kappa shape index (κ3) is 2.39. The molecule has 17 heavy (non-hydrogen) atoms. The van der Waals surface area contributed by atoms with E-state index in [0.29, 0.717) is 0 Å². The van der Waals surface area contributed by atoms with Crippen LogP contribution in [0, 0.1) is 11.8 Å². The predicted octanol–water partition coefficient (Wildman–Crippen LogP) is 2.24. The molecule has 2 N–H and O–H groups in total. The topological polar surface area (TPSA) is 33.3 Å².